The lowest BCUT2D eigenvalue weighted by molar-refractivity contribution is 0.0698. The zero-order chi connectivity index (χ0) is 23.9. The van der Waals surface area contributed by atoms with Gasteiger partial charge in [0.25, 0.3) is 0 Å². The number of pyridine rings is 1. The molecule has 1 aromatic heterocycles. The standard InChI is InChI=1S/C20H23NO2.C7H8N2O2/c1-21(18-7-6-16-3-2-12-22-20(16)13-18)17-8-10-19(11-9-17)23-14-15-4-5-15;1-8-6-4-9-3-2-5(6)7(10)11/h6-11,13,15H,2-5,12,14H2,1H3;2-4,8H,1H3,(H,10,11). The number of benzene rings is 2. The van der Waals surface area contributed by atoms with Crippen LogP contribution < -0.4 is 19.7 Å². The van der Waals surface area contributed by atoms with Crippen molar-refractivity contribution >= 4 is 23.0 Å². The normalized spacial score (nSPS) is 14.1. The fourth-order valence-electron chi connectivity index (χ4n) is 3.73. The van der Waals surface area contributed by atoms with E-state index in [0.29, 0.717) is 5.69 Å². The van der Waals surface area contributed by atoms with Gasteiger partial charge in [0.1, 0.15) is 11.5 Å². The number of ether oxygens (including phenoxy) is 2. The van der Waals surface area contributed by atoms with E-state index in [0.717, 1.165) is 54.8 Å². The second-order valence-corrected chi connectivity index (χ2v) is 8.53. The van der Waals surface area contributed by atoms with Crippen molar-refractivity contribution in [3.05, 3.63) is 72.1 Å². The summed E-state index contributed by atoms with van der Waals surface area (Å²) in [6.45, 7) is 1.69. The largest absolute Gasteiger partial charge is 0.493 e. The average molecular weight is 462 g/mol. The van der Waals surface area contributed by atoms with Crippen molar-refractivity contribution in [2.45, 2.75) is 25.7 Å². The number of aromatic carboxylic acids is 1. The Kier molecular flexibility index (Phi) is 7.52. The zero-order valence-electron chi connectivity index (χ0n) is 19.7. The maximum atomic E-state index is 10.5. The molecule has 0 saturated heterocycles. The zero-order valence-corrected chi connectivity index (χ0v) is 19.7. The first kappa shape index (κ1) is 23.4. The molecule has 1 aliphatic carbocycles. The van der Waals surface area contributed by atoms with Gasteiger partial charge in [-0.1, -0.05) is 6.07 Å². The van der Waals surface area contributed by atoms with Crippen molar-refractivity contribution in [1.29, 1.82) is 0 Å². The molecule has 2 aliphatic rings. The molecule has 5 rings (SSSR count). The van der Waals surface area contributed by atoms with E-state index in [2.05, 4.69) is 64.7 Å². The van der Waals surface area contributed by atoms with Crippen LogP contribution in [-0.4, -0.2) is 43.4 Å². The van der Waals surface area contributed by atoms with Crippen LogP contribution >= 0.6 is 0 Å². The first-order valence-electron chi connectivity index (χ1n) is 11.6. The van der Waals surface area contributed by atoms with Gasteiger partial charge in [-0.2, -0.15) is 0 Å². The molecule has 0 unspecified atom stereocenters. The highest BCUT2D eigenvalue weighted by Gasteiger charge is 2.21. The SMILES string of the molecule is CN(c1ccc(OCC2CC2)cc1)c1ccc2c(c1)OCCC2.CNc1cnccc1C(=O)O. The number of carbonyl (C=O) groups is 1. The highest BCUT2D eigenvalue weighted by Crippen LogP contribution is 2.33. The lowest BCUT2D eigenvalue weighted by atomic mass is 10.1. The second kappa shape index (κ2) is 10.9. The van der Waals surface area contributed by atoms with Crippen LogP contribution in [0.4, 0.5) is 17.1 Å². The first-order chi connectivity index (χ1) is 16.5. The minimum atomic E-state index is -0.947. The van der Waals surface area contributed by atoms with E-state index in [1.807, 2.05) is 0 Å². The smallest absolute Gasteiger partial charge is 0.337 e. The van der Waals surface area contributed by atoms with Crippen LogP contribution in [0.1, 0.15) is 35.2 Å². The van der Waals surface area contributed by atoms with Gasteiger partial charge in [0, 0.05) is 37.7 Å². The monoisotopic (exact) mass is 461 g/mol. The van der Waals surface area contributed by atoms with Crippen molar-refractivity contribution in [2.75, 3.05) is 37.5 Å². The maximum Gasteiger partial charge on any atom is 0.337 e. The molecule has 2 N–H and O–H groups in total. The molecule has 34 heavy (non-hydrogen) atoms. The molecule has 7 heteroatoms. The second-order valence-electron chi connectivity index (χ2n) is 8.53. The predicted octanol–water partition coefficient (Wildman–Crippen LogP) is 5.39. The molecule has 1 aliphatic heterocycles. The van der Waals surface area contributed by atoms with Crippen LogP contribution in [-0.2, 0) is 6.42 Å². The molecule has 0 atom stereocenters. The fraction of sp³-hybridized carbons (Fsp3) is 0.333. The predicted molar refractivity (Wildman–Crippen MR) is 134 cm³/mol. The summed E-state index contributed by atoms with van der Waals surface area (Å²) in [5.74, 6) is 1.83. The summed E-state index contributed by atoms with van der Waals surface area (Å²) in [4.78, 5) is 16.5. The van der Waals surface area contributed by atoms with Gasteiger partial charge in [-0.25, -0.2) is 4.79 Å². The molecule has 0 amide bonds. The van der Waals surface area contributed by atoms with Gasteiger partial charge in [-0.15, -0.1) is 0 Å². The average Bonchev–Trinajstić information content (AvgIpc) is 3.72. The molecule has 1 fully saturated rings. The van der Waals surface area contributed by atoms with Crippen LogP contribution in [0, 0.1) is 5.92 Å². The topological polar surface area (TPSA) is 83.9 Å². The lowest BCUT2D eigenvalue weighted by Gasteiger charge is -2.23. The van der Waals surface area contributed by atoms with Crippen molar-refractivity contribution in [1.82, 2.24) is 4.98 Å². The molecule has 0 radical (unpaired) electrons. The number of nitrogens with zero attached hydrogens (tertiary/aromatic N) is 2. The van der Waals surface area contributed by atoms with Gasteiger partial charge in [0.05, 0.1) is 30.7 Å². The molecular weight excluding hydrogens is 430 g/mol. The Morgan fingerprint density at radius 2 is 1.94 bits per heavy atom. The van der Waals surface area contributed by atoms with E-state index in [4.69, 9.17) is 14.6 Å². The number of carboxylic acids is 1. The quantitative estimate of drug-likeness (QED) is 0.488. The minimum absolute atomic E-state index is 0.238. The third kappa shape index (κ3) is 5.98. The molecular formula is C27H31N3O4. The van der Waals surface area contributed by atoms with E-state index >= 15 is 0 Å². The fourth-order valence-corrected chi connectivity index (χ4v) is 3.73. The highest BCUT2D eigenvalue weighted by molar-refractivity contribution is 5.93. The van der Waals surface area contributed by atoms with E-state index in [-0.39, 0.29) is 5.56 Å². The summed E-state index contributed by atoms with van der Waals surface area (Å²) in [6.07, 6.45) is 7.80. The molecule has 178 valence electrons. The van der Waals surface area contributed by atoms with Crippen LogP contribution in [0.5, 0.6) is 11.5 Å². The Balaban J connectivity index is 0.000000210. The Labute approximate surface area is 200 Å². The van der Waals surface area contributed by atoms with Crippen LogP contribution in [0.25, 0.3) is 0 Å². The van der Waals surface area contributed by atoms with E-state index in [1.165, 1.54) is 36.9 Å². The number of anilines is 3. The summed E-state index contributed by atoms with van der Waals surface area (Å²) >= 11 is 0. The molecule has 2 heterocycles. The molecule has 7 nitrogen and oxygen atoms in total. The summed E-state index contributed by atoms with van der Waals surface area (Å²) in [5.41, 5.74) is 4.39. The van der Waals surface area contributed by atoms with E-state index < -0.39 is 5.97 Å². The summed E-state index contributed by atoms with van der Waals surface area (Å²) < 4.78 is 11.6. The molecule has 0 bridgehead atoms. The molecule has 2 aromatic carbocycles. The third-order valence-electron chi connectivity index (χ3n) is 6.01. The van der Waals surface area contributed by atoms with Gasteiger partial charge in [0.2, 0.25) is 0 Å². The van der Waals surface area contributed by atoms with Crippen molar-refractivity contribution in [3.8, 4) is 11.5 Å². The number of aryl methyl sites for hydroxylation is 1. The maximum absolute atomic E-state index is 10.5. The Morgan fingerprint density at radius 1 is 1.18 bits per heavy atom. The van der Waals surface area contributed by atoms with Gasteiger partial charge >= 0.3 is 5.97 Å². The summed E-state index contributed by atoms with van der Waals surface area (Å²) in [7, 11) is 3.74. The number of hydrogen-bond acceptors (Lipinski definition) is 6. The van der Waals surface area contributed by atoms with Gasteiger partial charge in [-0.05, 0) is 73.6 Å². The van der Waals surface area contributed by atoms with E-state index in [1.54, 1.807) is 7.05 Å². The number of fused-ring (bicyclic) bond motifs is 1. The van der Waals surface area contributed by atoms with Crippen LogP contribution in [0.3, 0.4) is 0 Å². The van der Waals surface area contributed by atoms with Crippen molar-refractivity contribution in [2.24, 2.45) is 5.92 Å². The molecule has 0 spiro atoms. The number of rotatable bonds is 7. The van der Waals surface area contributed by atoms with Gasteiger partial charge < -0.3 is 24.8 Å². The van der Waals surface area contributed by atoms with E-state index in [9.17, 15) is 4.79 Å². The summed E-state index contributed by atoms with van der Waals surface area (Å²) in [6, 6.07) is 16.3. The number of carboxylic acid groups (broad SMARTS) is 1. The molecule has 1 saturated carbocycles. The number of nitrogens with one attached hydrogen (secondary N) is 1. The number of aromatic nitrogens is 1. The Morgan fingerprint density at radius 3 is 2.62 bits per heavy atom. The van der Waals surface area contributed by atoms with Crippen molar-refractivity contribution in [3.63, 3.8) is 0 Å². The Hall–Kier alpha value is -3.74. The highest BCUT2D eigenvalue weighted by atomic mass is 16.5. The van der Waals surface area contributed by atoms with Crippen LogP contribution in [0.2, 0.25) is 0 Å². The lowest BCUT2D eigenvalue weighted by Crippen LogP contribution is -2.12. The van der Waals surface area contributed by atoms with Gasteiger partial charge in [-0.3, -0.25) is 4.98 Å². The third-order valence-corrected chi connectivity index (χ3v) is 6.01. The molecule has 3 aromatic rings. The van der Waals surface area contributed by atoms with Crippen LogP contribution in [0.15, 0.2) is 60.9 Å². The summed E-state index contributed by atoms with van der Waals surface area (Å²) in [5, 5.41) is 11.4. The number of hydrogen-bond donors (Lipinski definition) is 2. The minimum Gasteiger partial charge on any atom is -0.493 e. The van der Waals surface area contributed by atoms with Crippen molar-refractivity contribution < 1.29 is 19.4 Å². The Bertz CT molecular complexity index is 1110. The first-order valence-corrected chi connectivity index (χ1v) is 11.6. The van der Waals surface area contributed by atoms with Gasteiger partial charge in [0.15, 0.2) is 0 Å².